The van der Waals surface area contributed by atoms with E-state index in [1.165, 1.54) is 4.90 Å². The molecule has 1 amide bonds. The van der Waals surface area contributed by atoms with Gasteiger partial charge in [-0.25, -0.2) is 13.2 Å². The lowest BCUT2D eigenvalue weighted by Crippen LogP contribution is -2.42. The minimum atomic E-state index is -3.22. The zero-order valence-electron chi connectivity index (χ0n) is 12.2. The predicted octanol–water partition coefficient (Wildman–Crippen LogP) is 1.26. The number of sulfone groups is 1. The van der Waals surface area contributed by atoms with Crippen molar-refractivity contribution in [3.63, 3.8) is 0 Å². The maximum atomic E-state index is 12.3. The molecule has 0 spiro atoms. The van der Waals surface area contributed by atoms with Gasteiger partial charge in [0.15, 0.2) is 15.6 Å². The molecule has 1 aromatic rings. The molecular formula is C13H19NO6S. The summed E-state index contributed by atoms with van der Waals surface area (Å²) in [7, 11) is -3.22. The van der Waals surface area contributed by atoms with E-state index in [0.29, 0.717) is 6.54 Å². The van der Waals surface area contributed by atoms with Crippen molar-refractivity contribution in [2.24, 2.45) is 0 Å². The lowest BCUT2D eigenvalue weighted by molar-refractivity contribution is 0.0681. The third-order valence-corrected chi connectivity index (χ3v) is 5.00. The van der Waals surface area contributed by atoms with Gasteiger partial charge in [0.2, 0.25) is 0 Å². The lowest BCUT2D eigenvalue weighted by Gasteiger charge is -2.26. The fourth-order valence-corrected chi connectivity index (χ4v) is 3.08. The number of hydrogen-bond donors (Lipinski definition) is 1. The van der Waals surface area contributed by atoms with E-state index in [1.54, 1.807) is 20.8 Å². The smallest absolute Gasteiger partial charge is 0.338 e. The Kier molecular flexibility index (Phi) is 5.54. The van der Waals surface area contributed by atoms with Crippen LogP contribution in [0.15, 0.2) is 16.7 Å². The van der Waals surface area contributed by atoms with Crippen LogP contribution in [0.4, 0.5) is 0 Å². The maximum Gasteiger partial charge on any atom is 0.338 e. The van der Waals surface area contributed by atoms with Crippen LogP contribution in [0.3, 0.4) is 0 Å². The number of amides is 1. The second-order valence-electron chi connectivity index (χ2n) is 4.64. The molecule has 1 heterocycles. The van der Waals surface area contributed by atoms with Crippen LogP contribution in [0.5, 0.6) is 0 Å². The first-order chi connectivity index (χ1) is 9.71. The first-order valence-corrected chi connectivity index (χ1v) is 8.37. The van der Waals surface area contributed by atoms with Crippen molar-refractivity contribution in [3.8, 4) is 0 Å². The summed E-state index contributed by atoms with van der Waals surface area (Å²) in [6.45, 7) is 5.19. The maximum absolute atomic E-state index is 12.3. The summed E-state index contributed by atoms with van der Waals surface area (Å²) < 4.78 is 28.2. The number of aromatic carboxylic acids is 1. The van der Waals surface area contributed by atoms with Crippen LogP contribution in [0, 0.1) is 0 Å². The fourth-order valence-electron chi connectivity index (χ4n) is 1.93. The average molecular weight is 317 g/mol. The van der Waals surface area contributed by atoms with Crippen LogP contribution in [0.1, 0.15) is 41.7 Å². The van der Waals surface area contributed by atoms with Gasteiger partial charge < -0.3 is 14.4 Å². The molecule has 118 valence electrons. The molecule has 0 aromatic carbocycles. The Hall–Kier alpha value is -1.83. The second kappa shape index (κ2) is 6.75. The normalized spacial score (nSPS) is 12.9. The number of carbonyl (C=O) groups is 2. The molecule has 0 radical (unpaired) electrons. The lowest BCUT2D eigenvalue weighted by atomic mass is 10.2. The van der Waals surface area contributed by atoms with Crippen molar-refractivity contribution in [3.05, 3.63) is 23.7 Å². The molecule has 1 aromatic heterocycles. The van der Waals surface area contributed by atoms with Gasteiger partial charge in [0.05, 0.1) is 11.3 Å². The van der Waals surface area contributed by atoms with Gasteiger partial charge in [-0.05, 0) is 13.8 Å². The number of furan rings is 1. The second-order valence-corrected chi connectivity index (χ2v) is 7.04. The zero-order valence-corrected chi connectivity index (χ0v) is 13.0. The summed E-state index contributed by atoms with van der Waals surface area (Å²) >= 11 is 0. The highest BCUT2D eigenvalue weighted by molar-refractivity contribution is 7.91. The van der Waals surface area contributed by atoms with E-state index < -0.39 is 27.8 Å². The molecule has 0 saturated heterocycles. The molecule has 0 saturated carbocycles. The monoisotopic (exact) mass is 317 g/mol. The molecule has 0 aliphatic carbocycles. The van der Waals surface area contributed by atoms with Gasteiger partial charge in [-0.1, -0.05) is 6.92 Å². The van der Waals surface area contributed by atoms with E-state index >= 15 is 0 Å². The van der Waals surface area contributed by atoms with Crippen LogP contribution >= 0.6 is 0 Å². The van der Waals surface area contributed by atoms with Gasteiger partial charge in [-0.3, -0.25) is 4.79 Å². The van der Waals surface area contributed by atoms with Crippen molar-refractivity contribution < 1.29 is 27.5 Å². The summed E-state index contributed by atoms with van der Waals surface area (Å²) in [6, 6.07) is 0.611. The van der Waals surface area contributed by atoms with Gasteiger partial charge >= 0.3 is 5.97 Å². The molecule has 1 N–H and O–H groups in total. The Balaban J connectivity index is 2.92. The van der Waals surface area contributed by atoms with Crippen molar-refractivity contribution in [2.45, 2.75) is 26.8 Å². The molecule has 1 atom stereocenters. The van der Waals surface area contributed by atoms with Crippen molar-refractivity contribution in [2.75, 3.05) is 18.1 Å². The Morgan fingerprint density at radius 2 is 2.00 bits per heavy atom. The molecule has 1 rings (SSSR count). The number of nitrogens with zero attached hydrogens (tertiary/aromatic N) is 1. The summed E-state index contributed by atoms with van der Waals surface area (Å²) in [6.07, 6.45) is 0.983. The highest BCUT2D eigenvalue weighted by atomic mass is 32.2. The number of carboxylic acid groups (broad SMARTS) is 1. The largest absolute Gasteiger partial charge is 0.478 e. The zero-order chi connectivity index (χ0) is 16.2. The third-order valence-electron chi connectivity index (χ3n) is 3.13. The molecule has 0 bridgehead atoms. The minimum absolute atomic E-state index is 0.00694. The topological polar surface area (TPSA) is 105 Å². The van der Waals surface area contributed by atoms with Gasteiger partial charge in [-0.2, -0.15) is 0 Å². The summed E-state index contributed by atoms with van der Waals surface area (Å²) in [4.78, 5) is 24.4. The van der Waals surface area contributed by atoms with E-state index in [4.69, 9.17) is 9.52 Å². The summed E-state index contributed by atoms with van der Waals surface area (Å²) in [5, 5.41) is 8.81. The average Bonchev–Trinajstić information content (AvgIpc) is 2.88. The number of carboxylic acids is 1. The van der Waals surface area contributed by atoms with Crippen LogP contribution in [-0.4, -0.2) is 54.4 Å². The fraction of sp³-hybridized carbons (Fsp3) is 0.538. The molecular weight excluding hydrogens is 298 g/mol. The van der Waals surface area contributed by atoms with E-state index in [2.05, 4.69) is 0 Å². The van der Waals surface area contributed by atoms with Gasteiger partial charge in [0.25, 0.3) is 5.91 Å². The van der Waals surface area contributed by atoms with Crippen LogP contribution in [0.2, 0.25) is 0 Å². The van der Waals surface area contributed by atoms with Crippen LogP contribution in [0.25, 0.3) is 0 Å². The van der Waals surface area contributed by atoms with E-state index in [0.717, 1.165) is 12.3 Å². The van der Waals surface area contributed by atoms with Crippen molar-refractivity contribution in [1.82, 2.24) is 4.90 Å². The first-order valence-electron chi connectivity index (χ1n) is 6.55. The van der Waals surface area contributed by atoms with E-state index in [-0.39, 0.29) is 22.8 Å². The number of carbonyl (C=O) groups excluding carboxylic acids is 1. The highest BCUT2D eigenvalue weighted by Gasteiger charge is 2.26. The number of rotatable bonds is 7. The van der Waals surface area contributed by atoms with Crippen molar-refractivity contribution >= 4 is 21.7 Å². The molecule has 21 heavy (non-hydrogen) atoms. The van der Waals surface area contributed by atoms with Gasteiger partial charge in [0, 0.05) is 24.4 Å². The Bertz CT molecular complexity index is 618. The summed E-state index contributed by atoms with van der Waals surface area (Å²) in [5.74, 6) is -1.97. The minimum Gasteiger partial charge on any atom is -0.478 e. The predicted molar refractivity (Wildman–Crippen MR) is 76.2 cm³/mol. The molecule has 1 unspecified atom stereocenters. The Labute approximate surface area is 123 Å². The standard InChI is InChI=1S/C13H19NO6S/c1-4-14(9(3)8-21(18,19)5-2)12(15)11-6-10(7-20-11)13(16)17/h6-7,9H,4-5,8H2,1-3H3,(H,16,17). The number of hydrogen-bond acceptors (Lipinski definition) is 5. The van der Waals surface area contributed by atoms with Crippen molar-refractivity contribution in [1.29, 1.82) is 0 Å². The van der Waals surface area contributed by atoms with Gasteiger partial charge in [-0.15, -0.1) is 0 Å². The molecule has 0 fully saturated rings. The molecule has 0 aliphatic rings. The van der Waals surface area contributed by atoms with E-state index in [1.807, 2.05) is 0 Å². The Morgan fingerprint density at radius 1 is 1.38 bits per heavy atom. The molecule has 0 aliphatic heterocycles. The Morgan fingerprint density at radius 3 is 2.43 bits per heavy atom. The molecule has 8 heteroatoms. The molecule has 7 nitrogen and oxygen atoms in total. The van der Waals surface area contributed by atoms with Crippen LogP contribution < -0.4 is 0 Å². The first kappa shape index (κ1) is 17.2. The highest BCUT2D eigenvalue weighted by Crippen LogP contribution is 2.14. The SMILES string of the molecule is CCN(C(=O)c1cc(C(=O)O)co1)C(C)CS(=O)(=O)CC. The summed E-state index contributed by atoms with van der Waals surface area (Å²) in [5.41, 5.74) is -0.122. The van der Waals surface area contributed by atoms with Crippen LogP contribution in [-0.2, 0) is 9.84 Å². The van der Waals surface area contributed by atoms with Gasteiger partial charge in [0.1, 0.15) is 6.26 Å². The van der Waals surface area contributed by atoms with E-state index in [9.17, 15) is 18.0 Å². The quantitative estimate of drug-likeness (QED) is 0.811. The third kappa shape index (κ3) is 4.32.